The minimum absolute atomic E-state index is 0.195. The average Bonchev–Trinajstić information content (AvgIpc) is 3.32. The van der Waals surface area contributed by atoms with Crippen molar-refractivity contribution in [2.75, 3.05) is 12.3 Å². The maximum Gasteiger partial charge on any atom is 0.320 e. The summed E-state index contributed by atoms with van der Waals surface area (Å²) in [5, 5.41) is 0. The standard InChI is InChI=1S/C20H17N5O2/c1-2-11-25-18(15-9-6-12-26-15)22-16-17(21)23-20(24-19(16)25)27-13-10-14-7-4-3-5-8-14/h1,3-9,12H,10-11,13H2,(H2,21,23,24). The van der Waals surface area contributed by atoms with Gasteiger partial charge in [-0.3, -0.25) is 4.57 Å². The average molecular weight is 359 g/mol. The van der Waals surface area contributed by atoms with Crippen LogP contribution in [0.1, 0.15) is 5.56 Å². The zero-order valence-corrected chi connectivity index (χ0v) is 14.5. The van der Waals surface area contributed by atoms with Gasteiger partial charge in [0.1, 0.15) is 0 Å². The van der Waals surface area contributed by atoms with Crippen LogP contribution in [0, 0.1) is 12.3 Å². The molecule has 0 saturated carbocycles. The van der Waals surface area contributed by atoms with Crippen LogP contribution in [0.5, 0.6) is 6.01 Å². The molecule has 7 heteroatoms. The number of hydrogen-bond acceptors (Lipinski definition) is 6. The summed E-state index contributed by atoms with van der Waals surface area (Å²) in [5.41, 5.74) is 8.23. The zero-order valence-electron chi connectivity index (χ0n) is 14.5. The van der Waals surface area contributed by atoms with Crippen molar-refractivity contribution in [1.29, 1.82) is 0 Å². The predicted molar refractivity (Wildman–Crippen MR) is 102 cm³/mol. The van der Waals surface area contributed by atoms with E-state index in [1.54, 1.807) is 23.0 Å². The van der Waals surface area contributed by atoms with Crippen molar-refractivity contribution in [3.63, 3.8) is 0 Å². The van der Waals surface area contributed by atoms with Crippen LogP contribution < -0.4 is 10.5 Å². The fourth-order valence-electron chi connectivity index (χ4n) is 2.81. The number of hydrogen-bond donors (Lipinski definition) is 1. The highest BCUT2D eigenvalue weighted by Gasteiger charge is 2.19. The van der Waals surface area contributed by atoms with Crippen molar-refractivity contribution in [1.82, 2.24) is 19.5 Å². The molecule has 1 aromatic carbocycles. The molecule has 0 aliphatic rings. The summed E-state index contributed by atoms with van der Waals surface area (Å²) in [4.78, 5) is 13.2. The first-order chi connectivity index (χ1) is 13.3. The lowest BCUT2D eigenvalue weighted by Crippen LogP contribution is -2.07. The first-order valence-electron chi connectivity index (χ1n) is 8.44. The molecule has 7 nitrogen and oxygen atoms in total. The summed E-state index contributed by atoms with van der Waals surface area (Å²) in [6.45, 7) is 0.704. The van der Waals surface area contributed by atoms with Crippen molar-refractivity contribution >= 4 is 17.0 Å². The smallest absolute Gasteiger partial charge is 0.320 e. The van der Waals surface area contributed by atoms with Gasteiger partial charge in [-0.2, -0.15) is 9.97 Å². The van der Waals surface area contributed by atoms with Crippen LogP contribution in [-0.2, 0) is 13.0 Å². The molecule has 0 aliphatic heterocycles. The molecule has 0 radical (unpaired) electrons. The molecule has 0 bridgehead atoms. The number of nitrogen functional groups attached to an aromatic ring is 1. The predicted octanol–water partition coefficient (Wildman–Crippen LogP) is 2.92. The highest BCUT2D eigenvalue weighted by atomic mass is 16.5. The van der Waals surface area contributed by atoms with Crippen molar-refractivity contribution in [3.05, 3.63) is 54.3 Å². The molecule has 2 N–H and O–H groups in total. The summed E-state index contributed by atoms with van der Waals surface area (Å²) in [6, 6.07) is 13.8. The van der Waals surface area contributed by atoms with E-state index in [0.29, 0.717) is 29.4 Å². The van der Waals surface area contributed by atoms with Crippen molar-refractivity contribution in [2.45, 2.75) is 13.0 Å². The van der Waals surface area contributed by atoms with E-state index in [1.807, 2.05) is 30.3 Å². The number of benzene rings is 1. The van der Waals surface area contributed by atoms with Crippen LogP contribution in [-0.4, -0.2) is 26.1 Å². The maximum atomic E-state index is 6.08. The third kappa shape index (κ3) is 3.33. The van der Waals surface area contributed by atoms with Crippen molar-refractivity contribution < 1.29 is 9.15 Å². The Hall–Kier alpha value is -3.79. The number of aromatic nitrogens is 4. The number of fused-ring (bicyclic) bond motifs is 1. The summed E-state index contributed by atoms with van der Waals surface area (Å²) < 4.78 is 12.9. The number of terminal acetylenes is 1. The minimum atomic E-state index is 0.195. The van der Waals surface area contributed by atoms with Crippen LogP contribution in [0.3, 0.4) is 0 Å². The molecule has 4 rings (SSSR count). The molecular formula is C20H17N5O2. The summed E-state index contributed by atoms with van der Waals surface area (Å²) in [7, 11) is 0. The van der Waals surface area contributed by atoms with Gasteiger partial charge in [0, 0.05) is 6.42 Å². The van der Waals surface area contributed by atoms with Gasteiger partial charge in [-0.1, -0.05) is 36.3 Å². The molecule has 3 aromatic heterocycles. The van der Waals surface area contributed by atoms with Gasteiger partial charge >= 0.3 is 6.01 Å². The van der Waals surface area contributed by atoms with E-state index in [4.69, 9.17) is 21.3 Å². The molecule has 3 heterocycles. The Labute approximate surface area is 155 Å². The highest BCUT2D eigenvalue weighted by Crippen LogP contribution is 2.27. The second-order valence-corrected chi connectivity index (χ2v) is 5.85. The third-order valence-corrected chi connectivity index (χ3v) is 4.06. The molecule has 0 fully saturated rings. The fraction of sp³-hybridized carbons (Fsp3) is 0.150. The number of ether oxygens (including phenoxy) is 1. The molecule has 27 heavy (non-hydrogen) atoms. The first-order valence-corrected chi connectivity index (χ1v) is 8.44. The molecule has 134 valence electrons. The van der Waals surface area contributed by atoms with Gasteiger partial charge in [0.25, 0.3) is 0 Å². The van der Waals surface area contributed by atoms with E-state index in [9.17, 15) is 0 Å². The summed E-state index contributed by atoms with van der Waals surface area (Å²) in [5.74, 6) is 3.97. The van der Waals surface area contributed by atoms with E-state index in [2.05, 4.69) is 20.9 Å². The second kappa shape index (κ2) is 7.22. The third-order valence-electron chi connectivity index (χ3n) is 4.06. The Balaban J connectivity index is 1.65. The molecule has 0 saturated heterocycles. The highest BCUT2D eigenvalue weighted by molar-refractivity contribution is 5.85. The SMILES string of the molecule is C#CCn1c(-c2ccco2)nc2c(N)nc(OCCc3ccccc3)nc21. The lowest BCUT2D eigenvalue weighted by atomic mass is 10.2. The first kappa shape index (κ1) is 16.7. The molecule has 0 aliphatic carbocycles. The van der Waals surface area contributed by atoms with Gasteiger partial charge in [0.05, 0.1) is 19.4 Å². The lowest BCUT2D eigenvalue weighted by molar-refractivity contribution is 0.297. The Morgan fingerprint density at radius 1 is 1.11 bits per heavy atom. The van der Waals surface area contributed by atoms with Crippen LogP contribution >= 0.6 is 0 Å². The van der Waals surface area contributed by atoms with Gasteiger partial charge in [-0.05, 0) is 17.7 Å². The Bertz CT molecular complexity index is 1100. The van der Waals surface area contributed by atoms with E-state index in [1.165, 1.54) is 5.56 Å². The Morgan fingerprint density at radius 2 is 1.96 bits per heavy atom. The van der Waals surface area contributed by atoms with Crippen LogP contribution in [0.15, 0.2) is 53.1 Å². The number of furan rings is 1. The van der Waals surface area contributed by atoms with Gasteiger partial charge in [-0.25, -0.2) is 4.98 Å². The normalized spacial score (nSPS) is 10.8. The summed E-state index contributed by atoms with van der Waals surface area (Å²) >= 11 is 0. The zero-order chi connectivity index (χ0) is 18.6. The second-order valence-electron chi connectivity index (χ2n) is 5.85. The van der Waals surface area contributed by atoms with Crippen molar-refractivity contribution in [2.24, 2.45) is 0 Å². The largest absolute Gasteiger partial charge is 0.463 e. The fourth-order valence-corrected chi connectivity index (χ4v) is 2.81. The number of nitrogens with zero attached hydrogens (tertiary/aromatic N) is 4. The molecule has 0 unspecified atom stereocenters. The van der Waals surface area contributed by atoms with Gasteiger partial charge < -0.3 is 14.9 Å². The Kier molecular flexibility index (Phi) is 4.45. The van der Waals surface area contributed by atoms with E-state index in [-0.39, 0.29) is 18.4 Å². The molecule has 4 aromatic rings. The monoisotopic (exact) mass is 359 g/mol. The van der Waals surface area contributed by atoms with Gasteiger partial charge in [0.2, 0.25) is 0 Å². The maximum absolute atomic E-state index is 6.08. The molecule has 0 amide bonds. The molecule has 0 atom stereocenters. The minimum Gasteiger partial charge on any atom is -0.463 e. The van der Waals surface area contributed by atoms with E-state index in [0.717, 1.165) is 6.42 Å². The quantitative estimate of drug-likeness (QED) is 0.532. The molecule has 0 spiro atoms. The van der Waals surface area contributed by atoms with Crippen LogP contribution in [0.25, 0.3) is 22.7 Å². The number of anilines is 1. The number of nitrogens with two attached hydrogens (primary N) is 1. The van der Waals surface area contributed by atoms with Gasteiger partial charge in [0.15, 0.2) is 28.6 Å². The Morgan fingerprint density at radius 3 is 2.70 bits per heavy atom. The molecular weight excluding hydrogens is 342 g/mol. The number of rotatable bonds is 6. The van der Waals surface area contributed by atoms with E-state index >= 15 is 0 Å². The van der Waals surface area contributed by atoms with E-state index < -0.39 is 0 Å². The van der Waals surface area contributed by atoms with Crippen molar-refractivity contribution in [3.8, 4) is 29.9 Å². The van der Waals surface area contributed by atoms with Gasteiger partial charge in [-0.15, -0.1) is 6.42 Å². The van der Waals surface area contributed by atoms with Crippen LogP contribution in [0.2, 0.25) is 0 Å². The topological polar surface area (TPSA) is 92.0 Å². The lowest BCUT2D eigenvalue weighted by Gasteiger charge is -2.07. The van der Waals surface area contributed by atoms with Crippen LogP contribution in [0.4, 0.5) is 5.82 Å². The summed E-state index contributed by atoms with van der Waals surface area (Å²) in [6.07, 6.45) is 7.83. The number of imidazole rings is 1.